The average Bonchev–Trinajstić information content (AvgIpc) is 2.97. The van der Waals surface area contributed by atoms with E-state index in [9.17, 15) is 28.1 Å². The highest BCUT2D eigenvalue weighted by molar-refractivity contribution is 5.94. The molecule has 0 spiro atoms. The van der Waals surface area contributed by atoms with Gasteiger partial charge in [-0.3, -0.25) is 9.36 Å². The molecule has 9 nitrogen and oxygen atoms in total. The average molecular weight is 372 g/mol. The van der Waals surface area contributed by atoms with E-state index in [1.54, 1.807) is 0 Å². The van der Waals surface area contributed by atoms with E-state index in [1.807, 2.05) is 0 Å². The molecule has 1 amide bonds. The van der Waals surface area contributed by atoms with Crippen molar-refractivity contribution in [2.75, 3.05) is 6.61 Å². The molecule has 138 valence electrons. The Hall–Kier alpha value is -3.31. The van der Waals surface area contributed by atoms with Gasteiger partial charge in [-0.05, 0) is 29.2 Å². The Morgan fingerprint density at radius 2 is 2.08 bits per heavy atom. The molecule has 1 aliphatic rings. The van der Waals surface area contributed by atoms with Gasteiger partial charge in [-0.2, -0.15) is 0 Å². The molecule has 1 atom stereocenters. The number of amides is 1. The SMILES string of the molecule is O=C(N[C@H]1COc2nc([N+](=O)[O-])cn2C1)c1ccc(OC(F)(F)F)cc1. The zero-order valence-corrected chi connectivity index (χ0v) is 12.9. The van der Waals surface area contributed by atoms with Crippen LogP contribution in [0.1, 0.15) is 10.4 Å². The van der Waals surface area contributed by atoms with Crippen LogP contribution < -0.4 is 14.8 Å². The minimum Gasteiger partial charge on any atom is -0.444 e. The third-order valence-electron chi connectivity index (χ3n) is 3.43. The highest BCUT2D eigenvalue weighted by Gasteiger charge is 2.31. The van der Waals surface area contributed by atoms with Crippen LogP contribution in [0, 0.1) is 10.1 Å². The molecule has 1 aliphatic heterocycles. The fourth-order valence-electron chi connectivity index (χ4n) is 2.35. The van der Waals surface area contributed by atoms with Crippen LogP contribution in [0.2, 0.25) is 0 Å². The van der Waals surface area contributed by atoms with Crippen LogP contribution in [0.25, 0.3) is 0 Å². The van der Waals surface area contributed by atoms with E-state index in [0.29, 0.717) is 0 Å². The third kappa shape index (κ3) is 4.02. The zero-order valence-electron chi connectivity index (χ0n) is 12.9. The second kappa shape index (κ2) is 6.54. The van der Waals surface area contributed by atoms with Gasteiger partial charge in [-0.15, -0.1) is 13.2 Å². The number of rotatable bonds is 4. The summed E-state index contributed by atoms with van der Waals surface area (Å²) in [6.45, 7) is 0.256. The summed E-state index contributed by atoms with van der Waals surface area (Å²) in [4.78, 5) is 25.9. The number of benzene rings is 1. The maximum atomic E-state index is 12.2. The van der Waals surface area contributed by atoms with Crippen LogP contribution in [0.4, 0.5) is 19.0 Å². The fourth-order valence-corrected chi connectivity index (χ4v) is 2.35. The summed E-state index contributed by atoms with van der Waals surface area (Å²) in [5.74, 6) is -1.34. The Kier molecular flexibility index (Phi) is 4.40. The number of hydrogen-bond donors (Lipinski definition) is 1. The molecule has 26 heavy (non-hydrogen) atoms. The van der Waals surface area contributed by atoms with Gasteiger partial charge in [-0.1, -0.05) is 0 Å². The Labute approximate surface area is 143 Å². The summed E-state index contributed by atoms with van der Waals surface area (Å²) in [5, 5.41) is 13.3. The molecule has 0 bridgehead atoms. The highest BCUT2D eigenvalue weighted by atomic mass is 19.4. The topological polar surface area (TPSA) is 109 Å². The number of hydrogen-bond acceptors (Lipinski definition) is 6. The second-order valence-electron chi connectivity index (χ2n) is 5.34. The summed E-state index contributed by atoms with van der Waals surface area (Å²) in [6, 6.07) is 4.01. The van der Waals surface area contributed by atoms with Crippen molar-refractivity contribution in [1.82, 2.24) is 14.9 Å². The summed E-state index contributed by atoms with van der Waals surface area (Å²) < 4.78 is 46.7. The van der Waals surface area contributed by atoms with E-state index in [-0.39, 0.29) is 30.5 Å². The van der Waals surface area contributed by atoms with Crippen molar-refractivity contribution in [3.05, 3.63) is 46.1 Å². The van der Waals surface area contributed by atoms with Gasteiger partial charge < -0.3 is 24.9 Å². The molecule has 0 saturated heterocycles. The first-order valence-electron chi connectivity index (χ1n) is 7.22. The van der Waals surface area contributed by atoms with Crippen molar-refractivity contribution in [2.24, 2.45) is 0 Å². The number of carbonyl (C=O) groups is 1. The Morgan fingerprint density at radius 1 is 1.38 bits per heavy atom. The molecule has 1 aromatic carbocycles. The van der Waals surface area contributed by atoms with Gasteiger partial charge in [-0.25, -0.2) is 0 Å². The Balaban J connectivity index is 1.62. The molecular weight excluding hydrogens is 361 g/mol. The molecule has 12 heteroatoms. The number of halogens is 3. The van der Waals surface area contributed by atoms with Crippen LogP contribution in [0.5, 0.6) is 11.8 Å². The number of aromatic nitrogens is 2. The lowest BCUT2D eigenvalue weighted by Crippen LogP contribution is -2.44. The monoisotopic (exact) mass is 372 g/mol. The molecular formula is C14H11F3N4O5. The van der Waals surface area contributed by atoms with E-state index in [0.717, 1.165) is 12.1 Å². The predicted molar refractivity (Wildman–Crippen MR) is 78.8 cm³/mol. The maximum Gasteiger partial charge on any atom is 0.573 e. The molecule has 0 aliphatic carbocycles. The van der Waals surface area contributed by atoms with Gasteiger partial charge in [0.25, 0.3) is 5.91 Å². The number of fused-ring (bicyclic) bond motifs is 1. The van der Waals surface area contributed by atoms with Gasteiger partial charge in [0.1, 0.15) is 18.6 Å². The normalized spacial score (nSPS) is 16.3. The summed E-state index contributed by atoms with van der Waals surface area (Å²) in [7, 11) is 0. The van der Waals surface area contributed by atoms with Crippen molar-refractivity contribution >= 4 is 11.7 Å². The number of imidazole rings is 1. The minimum atomic E-state index is -4.81. The number of ether oxygens (including phenoxy) is 2. The fraction of sp³-hybridized carbons (Fsp3) is 0.286. The first-order chi connectivity index (χ1) is 12.2. The quantitative estimate of drug-likeness (QED) is 0.648. The van der Waals surface area contributed by atoms with Gasteiger partial charge >= 0.3 is 18.2 Å². The molecule has 1 aromatic heterocycles. The Bertz CT molecular complexity index is 834. The van der Waals surface area contributed by atoms with Crippen LogP contribution >= 0.6 is 0 Å². The van der Waals surface area contributed by atoms with E-state index in [4.69, 9.17) is 4.74 Å². The smallest absolute Gasteiger partial charge is 0.444 e. The van der Waals surface area contributed by atoms with Crippen molar-refractivity contribution in [3.63, 3.8) is 0 Å². The van der Waals surface area contributed by atoms with Gasteiger partial charge in [0.2, 0.25) is 0 Å². The molecule has 0 fully saturated rings. The van der Waals surface area contributed by atoms with E-state index >= 15 is 0 Å². The van der Waals surface area contributed by atoms with Crippen LogP contribution in [-0.4, -0.2) is 39.4 Å². The van der Waals surface area contributed by atoms with Crippen molar-refractivity contribution in [1.29, 1.82) is 0 Å². The van der Waals surface area contributed by atoms with Crippen LogP contribution in [0.15, 0.2) is 30.5 Å². The molecule has 1 N–H and O–H groups in total. The molecule has 2 heterocycles. The zero-order chi connectivity index (χ0) is 18.9. The largest absolute Gasteiger partial charge is 0.573 e. The lowest BCUT2D eigenvalue weighted by molar-refractivity contribution is -0.389. The van der Waals surface area contributed by atoms with Gasteiger partial charge in [0, 0.05) is 10.5 Å². The Morgan fingerprint density at radius 3 is 2.69 bits per heavy atom. The van der Waals surface area contributed by atoms with Crippen LogP contribution in [-0.2, 0) is 6.54 Å². The number of nitro groups is 1. The summed E-state index contributed by atoms with van der Waals surface area (Å²) >= 11 is 0. The first kappa shape index (κ1) is 17.5. The molecule has 3 rings (SSSR count). The van der Waals surface area contributed by atoms with E-state index in [2.05, 4.69) is 15.0 Å². The summed E-state index contributed by atoms with van der Waals surface area (Å²) in [5.41, 5.74) is 0.127. The lowest BCUT2D eigenvalue weighted by atomic mass is 10.2. The number of alkyl halides is 3. The van der Waals surface area contributed by atoms with Crippen molar-refractivity contribution in [2.45, 2.75) is 18.9 Å². The van der Waals surface area contributed by atoms with Gasteiger partial charge in [0.15, 0.2) is 0 Å². The molecule has 0 saturated carbocycles. The maximum absolute atomic E-state index is 12.2. The number of nitrogens with zero attached hydrogens (tertiary/aromatic N) is 3. The number of carbonyl (C=O) groups excluding carboxylic acids is 1. The standard InChI is InChI=1S/C14H11F3N4O5/c15-14(16,17)26-10-3-1-8(2-4-10)12(22)18-9-5-20-6-11(21(23)24)19-13(20)25-7-9/h1-4,6,9H,5,7H2,(H,18,22)/t9-/m1/s1. The van der Waals surface area contributed by atoms with Crippen molar-refractivity contribution < 1.29 is 32.4 Å². The lowest BCUT2D eigenvalue weighted by Gasteiger charge is -2.23. The highest BCUT2D eigenvalue weighted by Crippen LogP contribution is 2.23. The third-order valence-corrected chi connectivity index (χ3v) is 3.43. The predicted octanol–water partition coefficient (Wildman–Crippen LogP) is 1.88. The first-order valence-corrected chi connectivity index (χ1v) is 7.22. The second-order valence-corrected chi connectivity index (χ2v) is 5.34. The molecule has 0 unspecified atom stereocenters. The number of nitrogens with one attached hydrogen (secondary N) is 1. The van der Waals surface area contributed by atoms with Crippen molar-refractivity contribution in [3.8, 4) is 11.8 Å². The summed E-state index contributed by atoms with van der Waals surface area (Å²) in [6.07, 6.45) is -3.62. The molecule has 0 radical (unpaired) electrons. The minimum absolute atomic E-state index is 0.0508. The van der Waals surface area contributed by atoms with Crippen LogP contribution in [0.3, 0.4) is 0 Å². The van der Waals surface area contributed by atoms with E-state index < -0.39 is 29.0 Å². The molecule has 2 aromatic rings. The van der Waals surface area contributed by atoms with Gasteiger partial charge in [0.05, 0.1) is 12.6 Å². The van der Waals surface area contributed by atoms with E-state index in [1.165, 1.54) is 22.9 Å².